The molecule has 17 heavy (non-hydrogen) atoms. The Morgan fingerprint density at radius 2 is 2.18 bits per heavy atom. The van der Waals surface area contributed by atoms with E-state index in [4.69, 9.17) is 0 Å². The van der Waals surface area contributed by atoms with Crippen LogP contribution in [-0.2, 0) is 0 Å². The number of nitrogens with one attached hydrogen (secondary N) is 1. The van der Waals surface area contributed by atoms with Crippen LogP contribution in [0.25, 0.3) is 0 Å². The Morgan fingerprint density at radius 1 is 1.47 bits per heavy atom. The summed E-state index contributed by atoms with van der Waals surface area (Å²) in [4.78, 5) is 2.41. The van der Waals surface area contributed by atoms with Gasteiger partial charge in [0.05, 0.1) is 5.60 Å². The first-order valence-corrected chi connectivity index (χ1v) is 7.10. The molecule has 3 nitrogen and oxygen atoms in total. The first kappa shape index (κ1) is 14.9. The Balaban J connectivity index is 2.37. The molecular formula is C14H30N2O. The number of piperidine rings is 1. The first-order valence-electron chi connectivity index (χ1n) is 7.10. The molecule has 2 N–H and O–H groups in total. The summed E-state index contributed by atoms with van der Waals surface area (Å²) in [5, 5.41) is 13.5. The minimum absolute atomic E-state index is 0.567. The van der Waals surface area contributed by atoms with Gasteiger partial charge in [-0.05, 0) is 59.0 Å². The van der Waals surface area contributed by atoms with E-state index in [1.165, 1.54) is 19.3 Å². The number of nitrogens with zero attached hydrogens (tertiary/aromatic N) is 1. The molecule has 1 rings (SSSR count). The largest absolute Gasteiger partial charge is 0.389 e. The summed E-state index contributed by atoms with van der Waals surface area (Å²) in [5.41, 5.74) is -0.567. The second kappa shape index (κ2) is 6.72. The van der Waals surface area contributed by atoms with Crippen molar-refractivity contribution in [2.75, 3.05) is 26.2 Å². The summed E-state index contributed by atoms with van der Waals surface area (Å²) in [6, 6.07) is 0.597. The Kier molecular flexibility index (Phi) is 5.90. The van der Waals surface area contributed by atoms with Crippen molar-refractivity contribution in [1.82, 2.24) is 10.2 Å². The third-order valence-corrected chi connectivity index (χ3v) is 3.58. The van der Waals surface area contributed by atoms with Gasteiger partial charge in [-0.3, -0.25) is 0 Å². The predicted octanol–water partition coefficient (Wildman–Crippen LogP) is 1.86. The van der Waals surface area contributed by atoms with Crippen molar-refractivity contribution < 1.29 is 5.11 Å². The Hall–Kier alpha value is -0.120. The molecule has 0 aromatic carbocycles. The van der Waals surface area contributed by atoms with Crippen molar-refractivity contribution in [3.05, 3.63) is 0 Å². The average molecular weight is 242 g/mol. The minimum atomic E-state index is -0.567. The fraction of sp³-hybridized carbons (Fsp3) is 1.00. The lowest BCUT2D eigenvalue weighted by molar-refractivity contribution is 0.0184. The van der Waals surface area contributed by atoms with Crippen LogP contribution in [-0.4, -0.2) is 47.8 Å². The van der Waals surface area contributed by atoms with Gasteiger partial charge in [0.2, 0.25) is 0 Å². The zero-order valence-corrected chi connectivity index (χ0v) is 12.0. The highest BCUT2D eigenvalue weighted by Gasteiger charge is 2.27. The van der Waals surface area contributed by atoms with Crippen LogP contribution < -0.4 is 5.32 Å². The van der Waals surface area contributed by atoms with Crippen LogP contribution in [0.2, 0.25) is 0 Å². The molecule has 0 aromatic heterocycles. The van der Waals surface area contributed by atoms with E-state index in [1.807, 2.05) is 13.8 Å². The van der Waals surface area contributed by atoms with Gasteiger partial charge in [-0.25, -0.2) is 0 Å². The van der Waals surface area contributed by atoms with Crippen LogP contribution in [0.4, 0.5) is 0 Å². The van der Waals surface area contributed by atoms with Gasteiger partial charge < -0.3 is 15.3 Å². The Labute approximate surface area is 107 Å². The fourth-order valence-corrected chi connectivity index (χ4v) is 2.73. The normalized spacial score (nSPS) is 24.9. The molecule has 1 aliphatic rings. The van der Waals surface area contributed by atoms with E-state index in [1.54, 1.807) is 0 Å². The van der Waals surface area contributed by atoms with Crippen LogP contribution in [0, 0.1) is 5.92 Å². The quantitative estimate of drug-likeness (QED) is 0.746. The van der Waals surface area contributed by atoms with E-state index >= 15 is 0 Å². The molecule has 0 bridgehead atoms. The molecule has 1 fully saturated rings. The molecule has 0 radical (unpaired) electrons. The van der Waals surface area contributed by atoms with Crippen molar-refractivity contribution in [1.29, 1.82) is 0 Å². The first-order chi connectivity index (χ1) is 7.92. The van der Waals surface area contributed by atoms with Crippen molar-refractivity contribution >= 4 is 0 Å². The molecule has 0 aliphatic carbocycles. The number of likely N-dealkylation sites (tertiary alicyclic amines) is 1. The summed E-state index contributed by atoms with van der Waals surface area (Å²) < 4.78 is 0. The zero-order valence-electron chi connectivity index (χ0n) is 12.0. The lowest BCUT2D eigenvalue weighted by Gasteiger charge is -2.38. The lowest BCUT2D eigenvalue weighted by Crippen LogP contribution is -2.48. The standard InChI is InChI=1S/C14H30N2O/c1-5-8-15-12(2)13-7-6-9-16(10-13)11-14(3,4)17/h12-13,15,17H,5-11H2,1-4H3. The zero-order chi connectivity index (χ0) is 12.9. The second-order valence-electron chi connectivity index (χ2n) is 6.19. The van der Waals surface area contributed by atoms with Crippen LogP contribution in [0.1, 0.15) is 47.0 Å². The number of rotatable bonds is 6. The number of β-amino-alcohol motifs (C(OH)–C–C–N with tert-alkyl or cyclic N) is 1. The van der Waals surface area contributed by atoms with Crippen LogP contribution in [0.15, 0.2) is 0 Å². The summed E-state index contributed by atoms with van der Waals surface area (Å²) in [6.45, 7) is 12.5. The molecular weight excluding hydrogens is 212 g/mol. The molecule has 1 aliphatic heterocycles. The van der Waals surface area contributed by atoms with E-state index < -0.39 is 5.60 Å². The number of hydrogen-bond acceptors (Lipinski definition) is 3. The SMILES string of the molecule is CCCNC(C)C1CCCN(CC(C)(C)O)C1. The van der Waals surface area contributed by atoms with E-state index in [2.05, 4.69) is 24.1 Å². The predicted molar refractivity (Wildman–Crippen MR) is 73.2 cm³/mol. The number of aliphatic hydroxyl groups is 1. The molecule has 0 amide bonds. The third-order valence-electron chi connectivity index (χ3n) is 3.58. The summed E-state index contributed by atoms with van der Waals surface area (Å²) >= 11 is 0. The lowest BCUT2D eigenvalue weighted by atomic mass is 9.91. The molecule has 0 spiro atoms. The topological polar surface area (TPSA) is 35.5 Å². The van der Waals surface area contributed by atoms with Crippen molar-refractivity contribution in [2.45, 2.75) is 58.6 Å². The van der Waals surface area contributed by atoms with Gasteiger partial charge in [0.1, 0.15) is 0 Å². The van der Waals surface area contributed by atoms with Gasteiger partial charge in [0.15, 0.2) is 0 Å². The van der Waals surface area contributed by atoms with Crippen LogP contribution in [0.5, 0.6) is 0 Å². The molecule has 1 heterocycles. The third kappa shape index (κ3) is 5.84. The van der Waals surface area contributed by atoms with Crippen molar-refractivity contribution in [3.8, 4) is 0 Å². The maximum Gasteiger partial charge on any atom is 0.0718 e. The second-order valence-corrected chi connectivity index (χ2v) is 6.19. The summed E-state index contributed by atoms with van der Waals surface area (Å²) in [7, 11) is 0. The number of hydrogen-bond donors (Lipinski definition) is 2. The Bertz CT molecular complexity index is 213. The molecule has 0 saturated carbocycles. The Morgan fingerprint density at radius 3 is 2.76 bits per heavy atom. The molecule has 2 unspecified atom stereocenters. The van der Waals surface area contributed by atoms with Crippen molar-refractivity contribution in [3.63, 3.8) is 0 Å². The molecule has 102 valence electrons. The monoisotopic (exact) mass is 242 g/mol. The van der Waals surface area contributed by atoms with Crippen LogP contribution in [0.3, 0.4) is 0 Å². The van der Waals surface area contributed by atoms with E-state index in [0.717, 1.165) is 32.1 Å². The maximum atomic E-state index is 9.88. The molecule has 3 heteroatoms. The smallest absolute Gasteiger partial charge is 0.0718 e. The van der Waals surface area contributed by atoms with Gasteiger partial charge in [0, 0.05) is 19.1 Å². The molecule has 0 aromatic rings. The van der Waals surface area contributed by atoms with Gasteiger partial charge >= 0.3 is 0 Å². The fourth-order valence-electron chi connectivity index (χ4n) is 2.73. The van der Waals surface area contributed by atoms with Crippen molar-refractivity contribution in [2.24, 2.45) is 5.92 Å². The highest BCUT2D eigenvalue weighted by molar-refractivity contribution is 4.83. The van der Waals surface area contributed by atoms with Gasteiger partial charge in [-0.2, -0.15) is 0 Å². The summed E-state index contributed by atoms with van der Waals surface area (Å²) in [6.07, 6.45) is 3.78. The van der Waals surface area contributed by atoms with E-state index in [9.17, 15) is 5.11 Å². The average Bonchev–Trinajstić information content (AvgIpc) is 2.24. The summed E-state index contributed by atoms with van der Waals surface area (Å²) in [5.74, 6) is 0.734. The molecule has 1 saturated heterocycles. The van der Waals surface area contributed by atoms with Crippen LogP contribution >= 0.6 is 0 Å². The van der Waals surface area contributed by atoms with Gasteiger partial charge in [0.25, 0.3) is 0 Å². The van der Waals surface area contributed by atoms with E-state index in [-0.39, 0.29) is 0 Å². The van der Waals surface area contributed by atoms with Gasteiger partial charge in [-0.15, -0.1) is 0 Å². The highest BCUT2D eigenvalue weighted by atomic mass is 16.3. The maximum absolute atomic E-state index is 9.88. The van der Waals surface area contributed by atoms with Gasteiger partial charge in [-0.1, -0.05) is 6.92 Å². The highest BCUT2D eigenvalue weighted by Crippen LogP contribution is 2.21. The van der Waals surface area contributed by atoms with E-state index in [0.29, 0.717) is 6.04 Å². The molecule has 2 atom stereocenters. The minimum Gasteiger partial charge on any atom is -0.389 e.